The molecule has 1 aliphatic heterocycles. The van der Waals surface area contributed by atoms with E-state index < -0.39 is 0 Å². The first kappa shape index (κ1) is 7.44. The largest absolute Gasteiger partial charge is 0.131 e. The van der Waals surface area contributed by atoms with Crippen LogP contribution in [0.2, 0.25) is 0 Å². The molecule has 0 amide bonds. The van der Waals surface area contributed by atoms with E-state index in [0.29, 0.717) is 0 Å². The maximum Gasteiger partial charge on any atom is 0.131 e. The molecule has 0 aromatic heterocycles. The van der Waals surface area contributed by atoms with Crippen LogP contribution in [0.25, 0.3) is 0 Å². The van der Waals surface area contributed by atoms with Crippen LogP contribution in [0, 0.1) is 0 Å². The van der Waals surface area contributed by atoms with Gasteiger partial charge >= 0.3 is 0 Å². The van der Waals surface area contributed by atoms with Gasteiger partial charge in [-0.3, -0.25) is 0 Å². The molecule has 0 spiro atoms. The Hall–Kier alpha value is -0.210. The lowest BCUT2D eigenvalue weighted by molar-refractivity contribution is 1.25. The summed E-state index contributed by atoms with van der Waals surface area (Å²) in [6, 6.07) is 8.74. The standard InChI is InChI=1S/C9H10S2/c1-2-11-7-10-8-5-3-4-6-9(8)11/h3-7H,2H2,1H3/p+1. The van der Waals surface area contributed by atoms with E-state index in [2.05, 4.69) is 35.9 Å². The predicted octanol–water partition coefficient (Wildman–Crippen LogP) is 2.28. The molecule has 2 heteroatoms. The number of hydrogen-bond donors (Lipinski definition) is 0. The van der Waals surface area contributed by atoms with Gasteiger partial charge in [-0.2, -0.15) is 0 Å². The molecule has 0 nitrogen and oxygen atoms in total. The third-order valence-electron chi connectivity index (χ3n) is 1.82. The fourth-order valence-corrected chi connectivity index (χ4v) is 5.06. The lowest BCUT2D eigenvalue weighted by Gasteiger charge is -1.94. The monoisotopic (exact) mass is 183 g/mol. The van der Waals surface area contributed by atoms with Crippen LogP contribution >= 0.6 is 11.8 Å². The van der Waals surface area contributed by atoms with E-state index >= 15 is 0 Å². The fraction of sp³-hybridized carbons (Fsp3) is 0.222. The third kappa shape index (κ3) is 1.25. The van der Waals surface area contributed by atoms with E-state index in [-0.39, 0.29) is 10.5 Å². The van der Waals surface area contributed by atoms with E-state index in [0.717, 1.165) is 0 Å². The smallest absolute Gasteiger partial charge is 0.0976 e. The molecule has 1 atom stereocenters. The van der Waals surface area contributed by atoms with Crippen molar-refractivity contribution in [3.8, 4) is 0 Å². The van der Waals surface area contributed by atoms with E-state index in [4.69, 9.17) is 0 Å². The number of benzene rings is 1. The van der Waals surface area contributed by atoms with Crippen molar-refractivity contribution in [3.05, 3.63) is 24.3 Å². The normalized spacial score (nSPS) is 21.0. The highest BCUT2D eigenvalue weighted by atomic mass is 32.2. The summed E-state index contributed by atoms with van der Waals surface area (Å²) >= 11 is 1.90. The molecule has 0 fully saturated rings. The summed E-state index contributed by atoms with van der Waals surface area (Å²) in [5, 5.41) is 0. The Bertz CT molecular complexity index is 302. The minimum absolute atomic E-state index is 0.0792. The fourth-order valence-electron chi connectivity index (χ4n) is 1.22. The maximum absolute atomic E-state index is 2.40. The van der Waals surface area contributed by atoms with E-state index in [1.165, 1.54) is 10.6 Å². The molecule has 2 rings (SSSR count). The van der Waals surface area contributed by atoms with Gasteiger partial charge in [-0.05, 0) is 30.8 Å². The van der Waals surface area contributed by atoms with Gasteiger partial charge in [-0.1, -0.05) is 22.6 Å². The van der Waals surface area contributed by atoms with Gasteiger partial charge in [0.05, 0.1) is 10.6 Å². The molecule has 1 unspecified atom stereocenters. The van der Waals surface area contributed by atoms with Crippen LogP contribution < -0.4 is 0 Å². The first-order valence-corrected chi connectivity index (χ1v) is 6.25. The van der Waals surface area contributed by atoms with Crippen molar-refractivity contribution < 1.29 is 0 Å². The van der Waals surface area contributed by atoms with Crippen molar-refractivity contribution in [2.75, 3.05) is 5.75 Å². The van der Waals surface area contributed by atoms with Crippen molar-refractivity contribution in [3.63, 3.8) is 0 Å². The van der Waals surface area contributed by atoms with Crippen molar-refractivity contribution in [2.45, 2.75) is 16.7 Å². The van der Waals surface area contributed by atoms with Gasteiger partial charge in [-0.25, -0.2) is 0 Å². The summed E-state index contributed by atoms with van der Waals surface area (Å²) in [6.45, 7) is 2.27. The summed E-state index contributed by atoms with van der Waals surface area (Å²) in [6.07, 6.45) is 0. The average molecular weight is 183 g/mol. The Morgan fingerprint density at radius 3 is 3.00 bits per heavy atom. The third-order valence-corrected chi connectivity index (χ3v) is 5.71. The molecule has 0 bridgehead atoms. The van der Waals surface area contributed by atoms with Gasteiger partial charge in [0.25, 0.3) is 0 Å². The molecule has 0 radical (unpaired) electrons. The van der Waals surface area contributed by atoms with E-state index in [9.17, 15) is 0 Å². The molecule has 1 aliphatic rings. The topological polar surface area (TPSA) is 0 Å². The van der Waals surface area contributed by atoms with Crippen LogP contribution in [-0.4, -0.2) is 10.5 Å². The molecule has 1 aromatic rings. The highest BCUT2D eigenvalue weighted by Crippen LogP contribution is 2.30. The number of fused-ring (bicyclic) bond motifs is 1. The van der Waals surface area contributed by atoms with Gasteiger partial charge in [0.1, 0.15) is 9.59 Å². The summed E-state index contributed by atoms with van der Waals surface area (Å²) in [5.74, 6) is 1.29. The Balaban J connectivity index is 2.48. The minimum Gasteiger partial charge on any atom is -0.0976 e. The highest BCUT2D eigenvalue weighted by molar-refractivity contribution is 8.26. The van der Waals surface area contributed by atoms with Gasteiger partial charge in [0.2, 0.25) is 0 Å². The zero-order chi connectivity index (χ0) is 7.68. The van der Waals surface area contributed by atoms with Crippen molar-refractivity contribution in [2.24, 2.45) is 0 Å². The second-order valence-electron chi connectivity index (χ2n) is 2.48. The Kier molecular flexibility index (Phi) is 2.05. The zero-order valence-corrected chi connectivity index (χ0v) is 8.16. The van der Waals surface area contributed by atoms with Crippen LogP contribution in [0.15, 0.2) is 34.1 Å². The van der Waals surface area contributed by atoms with E-state index in [1.54, 1.807) is 4.90 Å². The zero-order valence-electron chi connectivity index (χ0n) is 6.45. The summed E-state index contributed by atoms with van der Waals surface area (Å²) in [5.41, 5.74) is 0. The molecule has 0 saturated carbocycles. The maximum atomic E-state index is 2.40. The summed E-state index contributed by atoms with van der Waals surface area (Å²) in [7, 11) is 0.0792. The first-order chi connectivity index (χ1) is 5.42. The second kappa shape index (κ2) is 3.03. The molecule has 0 N–H and O–H groups in total. The number of rotatable bonds is 1. The molecular weight excluding hydrogens is 172 g/mol. The van der Waals surface area contributed by atoms with Crippen molar-refractivity contribution in [1.29, 1.82) is 0 Å². The van der Waals surface area contributed by atoms with E-state index in [1.807, 2.05) is 11.8 Å². The van der Waals surface area contributed by atoms with Gasteiger partial charge in [0.15, 0.2) is 0 Å². The Morgan fingerprint density at radius 1 is 1.36 bits per heavy atom. The van der Waals surface area contributed by atoms with Crippen LogP contribution in [0.3, 0.4) is 0 Å². The lowest BCUT2D eigenvalue weighted by Crippen LogP contribution is -1.91. The Labute approximate surface area is 73.9 Å². The molecule has 1 heterocycles. The molecule has 58 valence electrons. The summed E-state index contributed by atoms with van der Waals surface area (Å²) < 4.78 is 2.40. The molecule has 0 saturated heterocycles. The van der Waals surface area contributed by atoms with Crippen LogP contribution in [0.4, 0.5) is 0 Å². The van der Waals surface area contributed by atoms with Gasteiger partial charge in [-0.15, -0.1) is 0 Å². The molecule has 0 aliphatic carbocycles. The second-order valence-corrected chi connectivity index (χ2v) is 6.05. The molecule has 1 aromatic carbocycles. The van der Waals surface area contributed by atoms with Crippen molar-refractivity contribution >= 4 is 26.9 Å². The van der Waals surface area contributed by atoms with Gasteiger partial charge in [0, 0.05) is 0 Å². The van der Waals surface area contributed by atoms with Crippen molar-refractivity contribution in [1.82, 2.24) is 0 Å². The quantitative estimate of drug-likeness (QED) is 0.366. The predicted molar refractivity (Wildman–Crippen MR) is 55.9 cm³/mol. The molecule has 11 heavy (non-hydrogen) atoms. The lowest BCUT2D eigenvalue weighted by atomic mass is 10.4. The number of thioether (sulfide) groups is 1. The van der Waals surface area contributed by atoms with Crippen LogP contribution in [-0.2, 0) is 10.5 Å². The number of hydrogen-bond acceptors (Lipinski definition) is 1. The number of thiol groups is 1. The SMILES string of the molecule is CC[SH+]1=CSc2ccccc21. The van der Waals surface area contributed by atoms with Crippen LogP contribution in [0.1, 0.15) is 6.92 Å². The average Bonchev–Trinajstić information content (AvgIpc) is 2.47. The van der Waals surface area contributed by atoms with Gasteiger partial charge < -0.3 is 0 Å². The first-order valence-electron chi connectivity index (χ1n) is 3.77. The molecular formula is C9H11S2+. The Morgan fingerprint density at radius 2 is 2.18 bits per heavy atom. The summed E-state index contributed by atoms with van der Waals surface area (Å²) in [4.78, 5) is 3.05. The highest BCUT2D eigenvalue weighted by Gasteiger charge is 2.16. The minimum atomic E-state index is 0.0792. The van der Waals surface area contributed by atoms with Crippen LogP contribution in [0.5, 0.6) is 0 Å².